The van der Waals surface area contributed by atoms with Crippen molar-refractivity contribution in [1.29, 1.82) is 0 Å². The van der Waals surface area contributed by atoms with Gasteiger partial charge in [0.2, 0.25) is 0 Å². The number of esters is 1. The Morgan fingerprint density at radius 1 is 1.40 bits per heavy atom. The first-order valence-corrected chi connectivity index (χ1v) is 4.80. The number of hydrogen-bond donors (Lipinski definition) is 1. The topological polar surface area (TPSA) is 52.3 Å². The van der Waals surface area contributed by atoms with E-state index in [-0.39, 0.29) is 0 Å². The Morgan fingerprint density at radius 2 is 1.93 bits per heavy atom. The number of carbonyl (C=O) groups is 1. The molecular formula is C11H16BNO2. The van der Waals surface area contributed by atoms with Crippen molar-refractivity contribution >= 4 is 25.0 Å². The lowest BCUT2D eigenvalue weighted by molar-refractivity contribution is 0.0602. The largest absolute Gasteiger partial charge is 0.465 e. The summed E-state index contributed by atoms with van der Waals surface area (Å²) >= 11 is 0. The number of methoxy groups -OCH3 is 1. The van der Waals surface area contributed by atoms with Gasteiger partial charge in [-0.2, -0.15) is 0 Å². The third-order valence-corrected chi connectivity index (χ3v) is 1.81. The first-order valence-electron chi connectivity index (χ1n) is 4.80. The molecule has 0 unspecified atom stereocenters. The summed E-state index contributed by atoms with van der Waals surface area (Å²) in [6.45, 7) is 5.79. The Bertz CT molecular complexity index is 351. The molecule has 0 aliphatic heterocycles. The lowest BCUT2D eigenvalue weighted by Gasteiger charge is -2.07. The normalized spacial score (nSPS) is 8.80. The molecule has 0 heterocycles. The minimum Gasteiger partial charge on any atom is -0.465 e. The van der Waals surface area contributed by atoms with E-state index in [1.807, 2.05) is 13.8 Å². The van der Waals surface area contributed by atoms with Gasteiger partial charge in [-0.05, 0) is 12.5 Å². The second-order valence-corrected chi connectivity index (χ2v) is 2.79. The van der Waals surface area contributed by atoms with E-state index >= 15 is 0 Å². The highest BCUT2D eigenvalue weighted by Crippen LogP contribution is 2.15. The second kappa shape index (κ2) is 6.12. The standard InChI is InChI=1S/C9H10BNO2.C2H6/c1-5-3-6(10)4-7(8(5)11)9(12)13-2;1-2/h3-4H,11H2,1-2H3;1-2H3. The summed E-state index contributed by atoms with van der Waals surface area (Å²) in [5, 5.41) is 0. The van der Waals surface area contributed by atoms with E-state index in [1.54, 1.807) is 13.0 Å². The van der Waals surface area contributed by atoms with Crippen LogP contribution >= 0.6 is 0 Å². The highest BCUT2D eigenvalue weighted by Gasteiger charge is 2.11. The van der Waals surface area contributed by atoms with Crippen LogP contribution < -0.4 is 11.2 Å². The highest BCUT2D eigenvalue weighted by atomic mass is 16.5. The molecule has 0 fully saturated rings. The number of rotatable bonds is 1. The summed E-state index contributed by atoms with van der Waals surface area (Å²) in [5.41, 5.74) is 7.69. The zero-order valence-electron chi connectivity index (χ0n) is 9.63. The number of nitrogen functional groups attached to an aromatic ring is 1. The Morgan fingerprint density at radius 3 is 2.40 bits per heavy atom. The van der Waals surface area contributed by atoms with E-state index in [9.17, 15) is 4.79 Å². The minimum absolute atomic E-state index is 0.319. The fourth-order valence-corrected chi connectivity index (χ4v) is 1.11. The maximum atomic E-state index is 11.2. The Hall–Kier alpha value is -1.45. The number of hydrogen-bond acceptors (Lipinski definition) is 3. The third-order valence-electron chi connectivity index (χ3n) is 1.81. The number of aryl methyl sites for hydroxylation is 1. The molecule has 2 N–H and O–H groups in total. The molecule has 1 aromatic rings. The van der Waals surface area contributed by atoms with Crippen molar-refractivity contribution in [3.05, 3.63) is 23.3 Å². The summed E-state index contributed by atoms with van der Waals surface area (Å²) < 4.78 is 4.55. The smallest absolute Gasteiger partial charge is 0.339 e. The van der Waals surface area contributed by atoms with E-state index in [1.165, 1.54) is 13.2 Å². The summed E-state index contributed by atoms with van der Waals surface area (Å²) in [5.74, 6) is -0.465. The Balaban J connectivity index is 0.000000921. The quantitative estimate of drug-likeness (QED) is 0.425. The van der Waals surface area contributed by atoms with Crippen molar-refractivity contribution in [2.24, 2.45) is 0 Å². The van der Waals surface area contributed by atoms with Gasteiger partial charge in [-0.25, -0.2) is 4.79 Å². The van der Waals surface area contributed by atoms with Gasteiger partial charge in [0.05, 0.1) is 12.7 Å². The van der Waals surface area contributed by atoms with E-state index < -0.39 is 5.97 Å². The number of carbonyl (C=O) groups excluding carboxylic acids is 1. The molecule has 4 heteroatoms. The predicted molar refractivity (Wildman–Crippen MR) is 63.7 cm³/mol. The minimum atomic E-state index is -0.465. The molecule has 0 saturated carbocycles. The Labute approximate surface area is 92.0 Å². The SMILES string of the molecule is CC.[B]c1cc(C)c(N)c(C(=O)OC)c1. The summed E-state index contributed by atoms with van der Waals surface area (Å²) in [7, 11) is 6.86. The molecule has 2 radical (unpaired) electrons. The highest BCUT2D eigenvalue weighted by molar-refractivity contribution is 6.33. The molecule has 1 aromatic carbocycles. The first kappa shape index (κ1) is 13.6. The molecule has 0 amide bonds. The van der Waals surface area contributed by atoms with E-state index in [2.05, 4.69) is 4.74 Å². The van der Waals surface area contributed by atoms with Crippen LogP contribution in [0.15, 0.2) is 12.1 Å². The van der Waals surface area contributed by atoms with Crippen molar-refractivity contribution < 1.29 is 9.53 Å². The molecule has 3 nitrogen and oxygen atoms in total. The van der Waals surface area contributed by atoms with Gasteiger partial charge in [-0.3, -0.25) is 0 Å². The zero-order chi connectivity index (χ0) is 12.0. The van der Waals surface area contributed by atoms with Crippen molar-refractivity contribution in [3.63, 3.8) is 0 Å². The molecule has 0 atom stereocenters. The van der Waals surface area contributed by atoms with Gasteiger partial charge >= 0.3 is 5.97 Å². The predicted octanol–water partition coefficient (Wildman–Crippen LogP) is 1.18. The van der Waals surface area contributed by atoms with E-state index in [0.29, 0.717) is 16.7 Å². The van der Waals surface area contributed by atoms with Crippen LogP contribution in [0.5, 0.6) is 0 Å². The molecule has 0 bridgehead atoms. The average molecular weight is 205 g/mol. The van der Waals surface area contributed by atoms with Crippen LogP contribution in [0, 0.1) is 6.92 Å². The van der Waals surface area contributed by atoms with Crippen LogP contribution in [0.4, 0.5) is 5.69 Å². The fraction of sp³-hybridized carbons (Fsp3) is 0.364. The molecule has 0 spiro atoms. The van der Waals surface area contributed by atoms with Crippen LogP contribution in [0.3, 0.4) is 0 Å². The molecule has 15 heavy (non-hydrogen) atoms. The summed E-state index contributed by atoms with van der Waals surface area (Å²) in [4.78, 5) is 11.2. The molecule has 0 aromatic heterocycles. The van der Waals surface area contributed by atoms with Crippen LogP contribution in [0.25, 0.3) is 0 Å². The van der Waals surface area contributed by atoms with Crippen LogP contribution in [-0.4, -0.2) is 20.9 Å². The number of anilines is 1. The summed E-state index contributed by atoms with van der Waals surface area (Å²) in [6, 6.07) is 3.22. The van der Waals surface area contributed by atoms with Crippen LogP contribution in [0.2, 0.25) is 0 Å². The first-order chi connectivity index (χ1) is 7.06. The van der Waals surface area contributed by atoms with Crippen LogP contribution in [0.1, 0.15) is 29.8 Å². The number of nitrogens with two attached hydrogens (primary N) is 1. The van der Waals surface area contributed by atoms with Gasteiger partial charge in [0, 0.05) is 5.69 Å². The molecule has 80 valence electrons. The maximum Gasteiger partial charge on any atom is 0.339 e. The lowest BCUT2D eigenvalue weighted by Crippen LogP contribution is -2.13. The number of benzene rings is 1. The lowest BCUT2D eigenvalue weighted by atomic mass is 9.91. The maximum absolute atomic E-state index is 11.2. The van der Waals surface area contributed by atoms with Crippen molar-refractivity contribution in [1.82, 2.24) is 0 Å². The second-order valence-electron chi connectivity index (χ2n) is 2.79. The van der Waals surface area contributed by atoms with Gasteiger partial charge < -0.3 is 10.5 Å². The van der Waals surface area contributed by atoms with Gasteiger partial charge in [-0.15, -0.1) is 0 Å². The van der Waals surface area contributed by atoms with Gasteiger partial charge in [0.1, 0.15) is 7.85 Å². The molecule has 0 aliphatic rings. The van der Waals surface area contributed by atoms with Gasteiger partial charge in [0.15, 0.2) is 0 Å². The monoisotopic (exact) mass is 205 g/mol. The molecule has 0 aliphatic carbocycles. The third kappa shape index (κ3) is 3.31. The molecule has 1 rings (SSSR count). The number of ether oxygens (including phenoxy) is 1. The fourth-order valence-electron chi connectivity index (χ4n) is 1.11. The van der Waals surface area contributed by atoms with Crippen molar-refractivity contribution in [3.8, 4) is 0 Å². The van der Waals surface area contributed by atoms with Gasteiger partial charge in [-0.1, -0.05) is 31.4 Å². The van der Waals surface area contributed by atoms with Gasteiger partial charge in [0.25, 0.3) is 0 Å². The van der Waals surface area contributed by atoms with Crippen molar-refractivity contribution in [2.75, 3.05) is 12.8 Å². The van der Waals surface area contributed by atoms with Crippen molar-refractivity contribution in [2.45, 2.75) is 20.8 Å². The Kier molecular flexibility index (Phi) is 5.53. The van der Waals surface area contributed by atoms with E-state index in [4.69, 9.17) is 13.6 Å². The molecular weight excluding hydrogens is 189 g/mol. The summed E-state index contributed by atoms with van der Waals surface area (Å²) in [6.07, 6.45) is 0. The molecule has 0 saturated heterocycles. The zero-order valence-corrected chi connectivity index (χ0v) is 9.63. The van der Waals surface area contributed by atoms with Crippen LogP contribution in [-0.2, 0) is 4.74 Å². The average Bonchev–Trinajstić information content (AvgIpc) is 2.25. The van der Waals surface area contributed by atoms with E-state index in [0.717, 1.165) is 5.56 Å².